The van der Waals surface area contributed by atoms with Gasteiger partial charge in [-0.05, 0) is 26.7 Å². The van der Waals surface area contributed by atoms with Gasteiger partial charge in [0.25, 0.3) is 0 Å². The fraction of sp³-hybridized carbons (Fsp3) is 1.00. The van der Waals surface area contributed by atoms with Crippen molar-refractivity contribution < 1.29 is 4.74 Å². The van der Waals surface area contributed by atoms with Crippen LogP contribution in [0.25, 0.3) is 0 Å². The second-order valence-corrected chi connectivity index (χ2v) is 2.89. The standard InChI is InChI=1S/C7H15NO/c1-5-3-4-7(8)6(2)9-5/h5-7H,3-4,8H2,1-2H3/t5-,6+,7+/m1/s1. The zero-order valence-electron chi connectivity index (χ0n) is 6.13. The Kier molecular flexibility index (Phi) is 2.09. The summed E-state index contributed by atoms with van der Waals surface area (Å²) in [4.78, 5) is 0. The van der Waals surface area contributed by atoms with Crippen LogP contribution in [0.15, 0.2) is 0 Å². The lowest BCUT2D eigenvalue weighted by Gasteiger charge is -2.30. The molecule has 54 valence electrons. The first kappa shape index (κ1) is 7.03. The van der Waals surface area contributed by atoms with E-state index >= 15 is 0 Å². The third kappa shape index (κ3) is 1.66. The number of rotatable bonds is 0. The molecule has 1 fully saturated rings. The molecule has 2 heteroatoms. The molecule has 9 heavy (non-hydrogen) atoms. The summed E-state index contributed by atoms with van der Waals surface area (Å²) in [6, 6.07) is 0.265. The summed E-state index contributed by atoms with van der Waals surface area (Å²) in [7, 11) is 0. The minimum atomic E-state index is 0.258. The normalized spacial score (nSPS) is 45.0. The maximum Gasteiger partial charge on any atom is 0.0701 e. The fourth-order valence-corrected chi connectivity index (χ4v) is 1.20. The smallest absolute Gasteiger partial charge is 0.0701 e. The van der Waals surface area contributed by atoms with Crippen molar-refractivity contribution in [2.24, 2.45) is 5.73 Å². The van der Waals surface area contributed by atoms with Crippen LogP contribution in [0.3, 0.4) is 0 Å². The van der Waals surface area contributed by atoms with E-state index in [1.165, 1.54) is 0 Å². The van der Waals surface area contributed by atoms with Crippen molar-refractivity contribution >= 4 is 0 Å². The molecule has 0 spiro atoms. The maximum absolute atomic E-state index is 5.72. The van der Waals surface area contributed by atoms with E-state index in [1.807, 2.05) is 6.92 Å². The Bertz CT molecular complexity index is 94.9. The summed E-state index contributed by atoms with van der Waals surface area (Å²) in [5, 5.41) is 0. The molecule has 0 unspecified atom stereocenters. The van der Waals surface area contributed by atoms with Gasteiger partial charge in [-0.25, -0.2) is 0 Å². The van der Waals surface area contributed by atoms with Gasteiger partial charge in [-0.3, -0.25) is 0 Å². The maximum atomic E-state index is 5.72. The van der Waals surface area contributed by atoms with Gasteiger partial charge in [-0.15, -0.1) is 0 Å². The molecule has 0 radical (unpaired) electrons. The lowest BCUT2D eigenvalue weighted by Crippen LogP contribution is -2.41. The van der Waals surface area contributed by atoms with Gasteiger partial charge < -0.3 is 10.5 Å². The van der Waals surface area contributed by atoms with E-state index < -0.39 is 0 Å². The third-order valence-electron chi connectivity index (χ3n) is 1.96. The Morgan fingerprint density at radius 3 is 2.44 bits per heavy atom. The highest BCUT2D eigenvalue weighted by molar-refractivity contribution is 4.76. The summed E-state index contributed by atoms with van der Waals surface area (Å²) in [5.74, 6) is 0. The SMILES string of the molecule is C[C@@H]1CC[C@H](N)[C@H](C)O1. The van der Waals surface area contributed by atoms with Gasteiger partial charge in [0.1, 0.15) is 0 Å². The molecule has 2 N–H and O–H groups in total. The van der Waals surface area contributed by atoms with Crippen LogP contribution in [-0.2, 0) is 4.74 Å². The summed E-state index contributed by atoms with van der Waals surface area (Å²) in [5.41, 5.74) is 5.72. The van der Waals surface area contributed by atoms with Crippen LogP contribution < -0.4 is 5.73 Å². The van der Waals surface area contributed by atoms with Crippen LogP contribution in [-0.4, -0.2) is 18.2 Å². The minimum Gasteiger partial charge on any atom is -0.374 e. The molecular formula is C7H15NO. The van der Waals surface area contributed by atoms with Crippen molar-refractivity contribution in [1.29, 1.82) is 0 Å². The molecule has 0 saturated carbocycles. The summed E-state index contributed by atoms with van der Waals surface area (Å²) in [6.45, 7) is 4.14. The average molecular weight is 129 g/mol. The highest BCUT2D eigenvalue weighted by atomic mass is 16.5. The molecule has 1 rings (SSSR count). The Hall–Kier alpha value is -0.0800. The number of hydrogen-bond acceptors (Lipinski definition) is 2. The van der Waals surface area contributed by atoms with Crippen molar-refractivity contribution in [3.63, 3.8) is 0 Å². The van der Waals surface area contributed by atoms with Gasteiger partial charge in [0.05, 0.1) is 12.2 Å². The van der Waals surface area contributed by atoms with Crippen LogP contribution in [0.4, 0.5) is 0 Å². The molecule has 1 heterocycles. The molecule has 0 aromatic carbocycles. The lowest BCUT2D eigenvalue weighted by molar-refractivity contribution is -0.0410. The molecule has 2 nitrogen and oxygen atoms in total. The summed E-state index contributed by atoms with van der Waals surface area (Å²) >= 11 is 0. The van der Waals surface area contributed by atoms with Crippen LogP contribution in [0.2, 0.25) is 0 Å². The molecule has 0 amide bonds. The minimum absolute atomic E-state index is 0.258. The Morgan fingerprint density at radius 1 is 1.33 bits per heavy atom. The zero-order chi connectivity index (χ0) is 6.85. The molecule has 1 aliphatic rings. The highest BCUT2D eigenvalue weighted by Gasteiger charge is 2.21. The van der Waals surface area contributed by atoms with E-state index in [-0.39, 0.29) is 12.1 Å². The number of hydrogen-bond donors (Lipinski definition) is 1. The summed E-state index contributed by atoms with van der Waals surface area (Å²) in [6.07, 6.45) is 2.90. The van der Waals surface area contributed by atoms with E-state index in [9.17, 15) is 0 Å². The van der Waals surface area contributed by atoms with E-state index in [0.29, 0.717) is 6.10 Å². The molecule has 0 aromatic rings. The van der Waals surface area contributed by atoms with Gasteiger partial charge in [0.2, 0.25) is 0 Å². The topological polar surface area (TPSA) is 35.2 Å². The molecule has 0 bridgehead atoms. The number of nitrogens with two attached hydrogens (primary N) is 1. The first-order chi connectivity index (χ1) is 4.20. The van der Waals surface area contributed by atoms with Crippen molar-refractivity contribution in [3.8, 4) is 0 Å². The predicted molar refractivity (Wildman–Crippen MR) is 37.2 cm³/mol. The quantitative estimate of drug-likeness (QED) is 0.527. The van der Waals surface area contributed by atoms with Crippen molar-refractivity contribution in [2.45, 2.75) is 44.9 Å². The Morgan fingerprint density at radius 2 is 2.00 bits per heavy atom. The predicted octanol–water partition coefficient (Wildman–Crippen LogP) is 0.901. The summed E-state index contributed by atoms with van der Waals surface area (Å²) < 4.78 is 5.47. The fourth-order valence-electron chi connectivity index (χ4n) is 1.20. The molecule has 0 aliphatic carbocycles. The van der Waals surface area contributed by atoms with Gasteiger partial charge in [0.15, 0.2) is 0 Å². The van der Waals surface area contributed by atoms with Gasteiger partial charge in [0, 0.05) is 6.04 Å². The molecular weight excluding hydrogens is 114 g/mol. The Balaban J connectivity index is 2.35. The van der Waals surface area contributed by atoms with Crippen molar-refractivity contribution in [2.75, 3.05) is 0 Å². The molecule has 3 atom stereocenters. The number of ether oxygens (including phenoxy) is 1. The van der Waals surface area contributed by atoms with Crippen LogP contribution in [0.5, 0.6) is 0 Å². The first-order valence-corrected chi connectivity index (χ1v) is 3.61. The van der Waals surface area contributed by atoms with Crippen LogP contribution >= 0.6 is 0 Å². The zero-order valence-corrected chi connectivity index (χ0v) is 6.13. The van der Waals surface area contributed by atoms with Crippen LogP contribution in [0.1, 0.15) is 26.7 Å². The average Bonchev–Trinajstić information content (AvgIpc) is 1.80. The molecule has 1 aliphatic heterocycles. The third-order valence-corrected chi connectivity index (χ3v) is 1.96. The van der Waals surface area contributed by atoms with Crippen LogP contribution in [0, 0.1) is 0 Å². The lowest BCUT2D eigenvalue weighted by atomic mass is 10.0. The van der Waals surface area contributed by atoms with Gasteiger partial charge in [-0.2, -0.15) is 0 Å². The monoisotopic (exact) mass is 129 g/mol. The van der Waals surface area contributed by atoms with E-state index in [4.69, 9.17) is 10.5 Å². The molecule has 1 saturated heterocycles. The Labute approximate surface area is 56.4 Å². The van der Waals surface area contributed by atoms with E-state index in [1.54, 1.807) is 0 Å². The molecule has 0 aromatic heterocycles. The second kappa shape index (κ2) is 2.67. The van der Waals surface area contributed by atoms with Crippen molar-refractivity contribution in [1.82, 2.24) is 0 Å². The van der Waals surface area contributed by atoms with Gasteiger partial charge in [-0.1, -0.05) is 0 Å². The highest BCUT2D eigenvalue weighted by Crippen LogP contribution is 2.16. The first-order valence-electron chi connectivity index (χ1n) is 3.61. The van der Waals surface area contributed by atoms with E-state index in [2.05, 4.69) is 6.92 Å². The van der Waals surface area contributed by atoms with E-state index in [0.717, 1.165) is 12.8 Å². The second-order valence-electron chi connectivity index (χ2n) is 2.89. The van der Waals surface area contributed by atoms with Gasteiger partial charge >= 0.3 is 0 Å². The van der Waals surface area contributed by atoms with Crippen molar-refractivity contribution in [3.05, 3.63) is 0 Å². The largest absolute Gasteiger partial charge is 0.374 e.